The van der Waals surface area contributed by atoms with Crippen molar-refractivity contribution < 1.29 is 9.53 Å². The van der Waals surface area contributed by atoms with Crippen molar-refractivity contribution in [1.29, 1.82) is 0 Å². The molecule has 0 heterocycles. The highest BCUT2D eigenvalue weighted by Gasteiger charge is 2.55. The fraction of sp³-hybridized carbons (Fsp3) is 0.533. The monoisotopic (exact) mass is 260 g/mol. The minimum atomic E-state index is -0.586. The fourth-order valence-corrected chi connectivity index (χ4v) is 3.83. The summed E-state index contributed by atoms with van der Waals surface area (Å²) < 4.78 is 5.35. The number of carbonyl (C=O) groups excluding carboxylic acids is 1. The molecular formula is C15H20N2O2. The fourth-order valence-electron chi connectivity index (χ4n) is 3.83. The summed E-state index contributed by atoms with van der Waals surface area (Å²) in [7, 11) is 1.64. The van der Waals surface area contributed by atoms with Crippen molar-refractivity contribution in [3.8, 4) is 5.75 Å². The third kappa shape index (κ3) is 1.86. The Bertz CT molecular complexity index is 503. The second-order valence-corrected chi connectivity index (χ2v) is 5.74. The van der Waals surface area contributed by atoms with Gasteiger partial charge in [-0.2, -0.15) is 0 Å². The predicted octanol–water partition coefficient (Wildman–Crippen LogP) is 2.15. The first-order chi connectivity index (χ1) is 9.15. The van der Waals surface area contributed by atoms with E-state index < -0.39 is 5.54 Å². The zero-order chi connectivity index (χ0) is 13.5. The summed E-state index contributed by atoms with van der Waals surface area (Å²) in [6.45, 7) is 0. The van der Waals surface area contributed by atoms with Gasteiger partial charge in [-0.1, -0.05) is 12.1 Å². The van der Waals surface area contributed by atoms with Gasteiger partial charge in [0.15, 0.2) is 0 Å². The van der Waals surface area contributed by atoms with E-state index in [2.05, 4.69) is 5.32 Å². The molecule has 19 heavy (non-hydrogen) atoms. The van der Waals surface area contributed by atoms with Crippen LogP contribution in [-0.2, 0) is 4.79 Å². The lowest BCUT2D eigenvalue weighted by Gasteiger charge is -2.36. The third-order valence-electron chi connectivity index (χ3n) is 4.75. The van der Waals surface area contributed by atoms with Crippen LogP contribution in [0.15, 0.2) is 24.3 Å². The number of ether oxygens (including phenoxy) is 1. The Kier molecular flexibility index (Phi) is 2.88. The van der Waals surface area contributed by atoms with E-state index in [1.165, 1.54) is 6.42 Å². The molecule has 0 radical (unpaired) electrons. The Morgan fingerprint density at radius 3 is 2.79 bits per heavy atom. The number of anilines is 1. The molecule has 3 unspecified atom stereocenters. The summed E-state index contributed by atoms with van der Waals surface area (Å²) in [5.41, 5.74) is 5.99. The molecule has 2 saturated carbocycles. The number of amides is 1. The van der Waals surface area contributed by atoms with Crippen LogP contribution in [0.2, 0.25) is 0 Å². The highest BCUT2D eigenvalue weighted by molar-refractivity contribution is 5.89. The van der Waals surface area contributed by atoms with Crippen LogP contribution in [-0.4, -0.2) is 18.6 Å². The number of carbonyl (C=O) groups is 1. The lowest BCUT2D eigenvalue weighted by Crippen LogP contribution is -2.54. The van der Waals surface area contributed by atoms with Crippen LogP contribution in [0.3, 0.4) is 0 Å². The Labute approximate surface area is 113 Å². The smallest absolute Gasteiger partial charge is 0.243 e. The number of primary amides is 1. The van der Waals surface area contributed by atoms with Crippen LogP contribution in [0.25, 0.3) is 0 Å². The molecular weight excluding hydrogens is 240 g/mol. The largest absolute Gasteiger partial charge is 0.495 e. The van der Waals surface area contributed by atoms with Gasteiger partial charge in [0.1, 0.15) is 11.3 Å². The number of hydrogen-bond acceptors (Lipinski definition) is 3. The molecule has 102 valence electrons. The van der Waals surface area contributed by atoms with Gasteiger partial charge in [0.05, 0.1) is 12.8 Å². The predicted molar refractivity (Wildman–Crippen MR) is 74.0 cm³/mol. The van der Waals surface area contributed by atoms with Crippen molar-refractivity contribution >= 4 is 11.6 Å². The molecule has 0 saturated heterocycles. The molecule has 2 aliphatic carbocycles. The van der Waals surface area contributed by atoms with E-state index in [4.69, 9.17) is 10.5 Å². The molecule has 0 spiro atoms. The Morgan fingerprint density at radius 1 is 1.42 bits per heavy atom. The highest BCUT2D eigenvalue weighted by atomic mass is 16.5. The zero-order valence-corrected chi connectivity index (χ0v) is 11.2. The number of nitrogens with one attached hydrogen (secondary N) is 1. The number of benzene rings is 1. The van der Waals surface area contributed by atoms with Crippen LogP contribution in [0.4, 0.5) is 5.69 Å². The van der Waals surface area contributed by atoms with Crippen LogP contribution in [0.5, 0.6) is 5.75 Å². The average molecular weight is 260 g/mol. The first-order valence-corrected chi connectivity index (χ1v) is 6.87. The number of para-hydroxylation sites is 2. The van der Waals surface area contributed by atoms with Crippen molar-refractivity contribution in [3.05, 3.63) is 24.3 Å². The quantitative estimate of drug-likeness (QED) is 0.872. The van der Waals surface area contributed by atoms with Crippen LogP contribution in [0.1, 0.15) is 25.7 Å². The molecule has 3 atom stereocenters. The minimum absolute atomic E-state index is 0.231. The second-order valence-electron chi connectivity index (χ2n) is 5.74. The van der Waals surface area contributed by atoms with Crippen molar-refractivity contribution in [2.75, 3.05) is 12.4 Å². The molecule has 1 aromatic rings. The van der Waals surface area contributed by atoms with Crippen molar-refractivity contribution in [3.63, 3.8) is 0 Å². The number of fused-ring (bicyclic) bond motifs is 2. The SMILES string of the molecule is COc1ccccc1NC1(C(N)=O)CC2CCC1C2. The van der Waals surface area contributed by atoms with E-state index >= 15 is 0 Å². The second kappa shape index (κ2) is 4.44. The van der Waals surface area contributed by atoms with Gasteiger partial charge in [-0.05, 0) is 49.7 Å². The third-order valence-corrected chi connectivity index (χ3v) is 4.75. The lowest BCUT2D eigenvalue weighted by atomic mass is 9.80. The van der Waals surface area contributed by atoms with Crippen molar-refractivity contribution in [1.82, 2.24) is 0 Å². The van der Waals surface area contributed by atoms with Crippen LogP contribution >= 0.6 is 0 Å². The van der Waals surface area contributed by atoms with Gasteiger partial charge in [0, 0.05) is 0 Å². The van der Waals surface area contributed by atoms with Gasteiger partial charge >= 0.3 is 0 Å². The van der Waals surface area contributed by atoms with Gasteiger partial charge in [-0.25, -0.2) is 0 Å². The van der Waals surface area contributed by atoms with E-state index in [9.17, 15) is 4.79 Å². The number of methoxy groups -OCH3 is 1. The maximum Gasteiger partial charge on any atom is 0.243 e. The summed E-state index contributed by atoms with van der Waals surface area (Å²) >= 11 is 0. The Morgan fingerprint density at radius 2 is 2.21 bits per heavy atom. The molecule has 2 fully saturated rings. The van der Waals surface area contributed by atoms with Gasteiger partial charge in [-0.3, -0.25) is 4.79 Å². The summed E-state index contributed by atoms with van der Waals surface area (Å²) in [4.78, 5) is 12.0. The first kappa shape index (κ1) is 12.3. The number of rotatable bonds is 4. The first-order valence-electron chi connectivity index (χ1n) is 6.87. The van der Waals surface area contributed by atoms with Crippen molar-refractivity contribution in [2.45, 2.75) is 31.2 Å². The van der Waals surface area contributed by atoms with Crippen LogP contribution in [0, 0.1) is 11.8 Å². The van der Waals surface area contributed by atoms with Crippen LogP contribution < -0.4 is 15.8 Å². The summed E-state index contributed by atoms with van der Waals surface area (Å²) in [5.74, 6) is 1.52. The minimum Gasteiger partial charge on any atom is -0.495 e. The molecule has 3 rings (SSSR count). The molecule has 2 aliphatic rings. The standard InChI is InChI=1S/C15H20N2O2/c1-19-13-5-3-2-4-12(13)17-15(14(16)18)9-10-6-7-11(15)8-10/h2-5,10-11,17H,6-9H2,1H3,(H2,16,18). The average Bonchev–Trinajstić information content (AvgIpc) is 3.00. The highest BCUT2D eigenvalue weighted by Crippen LogP contribution is 2.52. The molecule has 2 bridgehead atoms. The van der Waals surface area contributed by atoms with Gasteiger partial charge in [0.2, 0.25) is 5.91 Å². The van der Waals surface area contributed by atoms with E-state index in [1.807, 2.05) is 24.3 Å². The topological polar surface area (TPSA) is 64.3 Å². The molecule has 3 N–H and O–H groups in total. The zero-order valence-electron chi connectivity index (χ0n) is 11.2. The molecule has 1 aromatic carbocycles. The summed E-state index contributed by atoms with van der Waals surface area (Å²) in [6.07, 6.45) is 4.29. The van der Waals surface area contributed by atoms with E-state index in [-0.39, 0.29) is 5.91 Å². The summed E-state index contributed by atoms with van der Waals surface area (Å²) in [6, 6.07) is 7.69. The van der Waals surface area contributed by atoms with Gasteiger partial charge < -0.3 is 15.8 Å². The molecule has 0 aliphatic heterocycles. The summed E-state index contributed by atoms with van der Waals surface area (Å²) in [5, 5.41) is 3.41. The van der Waals surface area contributed by atoms with Gasteiger partial charge in [-0.15, -0.1) is 0 Å². The normalized spacial score (nSPS) is 32.3. The Hall–Kier alpha value is -1.71. The van der Waals surface area contributed by atoms with E-state index in [0.717, 1.165) is 30.7 Å². The van der Waals surface area contributed by atoms with E-state index in [0.29, 0.717) is 11.8 Å². The number of nitrogens with two attached hydrogens (primary N) is 1. The molecule has 1 amide bonds. The number of hydrogen-bond donors (Lipinski definition) is 2. The Balaban J connectivity index is 1.93. The molecule has 4 heteroatoms. The van der Waals surface area contributed by atoms with Gasteiger partial charge in [0.25, 0.3) is 0 Å². The van der Waals surface area contributed by atoms with E-state index in [1.54, 1.807) is 7.11 Å². The molecule has 0 aromatic heterocycles. The molecule has 4 nitrogen and oxygen atoms in total. The van der Waals surface area contributed by atoms with Crippen molar-refractivity contribution in [2.24, 2.45) is 17.6 Å². The lowest BCUT2D eigenvalue weighted by molar-refractivity contribution is -0.123. The maximum absolute atomic E-state index is 12.0. The maximum atomic E-state index is 12.0.